The fourth-order valence-corrected chi connectivity index (χ4v) is 2.74. The SMILES string of the molecule is OC(=Cc1nc2ccccc2nc1-c1ccccc1)c1ccccc1. The van der Waals surface area contributed by atoms with Gasteiger partial charge in [-0.3, -0.25) is 0 Å². The van der Waals surface area contributed by atoms with E-state index in [1.165, 1.54) is 0 Å². The molecule has 0 fully saturated rings. The molecular formula is C22H16N2O. The van der Waals surface area contributed by atoms with Gasteiger partial charge < -0.3 is 5.11 Å². The lowest BCUT2D eigenvalue weighted by molar-refractivity contribution is 0.515. The summed E-state index contributed by atoms with van der Waals surface area (Å²) in [6.07, 6.45) is 1.68. The van der Waals surface area contributed by atoms with Crippen LogP contribution in [0.3, 0.4) is 0 Å². The minimum atomic E-state index is 0.169. The van der Waals surface area contributed by atoms with Crippen molar-refractivity contribution in [3.05, 3.63) is 96.2 Å². The van der Waals surface area contributed by atoms with Gasteiger partial charge >= 0.3 is 0 Å². The van der Waals surface area contributed by atoms with E-state index in [4.69, 9.17) is 9.97 Å². The van der Waals surface area contributed by atoms with Crippen LogP contribution >= 0.6 is 0 Å². The molecule has 0 saturated carbocycles. The van der Waals surface area contributed by atoms with Gasteiger partial charge in [0.2, 0.25) is 0 Å². The quantitative estimate of drug-likeness (QED) is 0.516. The number of aliphatic hydroxyl groups excluding tert-OH is 1. The van der Waals surface area contributed by atoms with E-state index < -0.39 is 0 Å². The molecule has 1 heterocycles. The van der Waals surface area contributed by atoms with Crippen LogP contribution < -0.4 is 0 Å². The first kappa shape index (κ1) is 15.1. The maximum atomic E-state index is 10.5. The van der Waals surface area contributed by atoms with Crippen molar-refractivity contribution in [3.8, 4) is 11.3 Å². The zero-order chi connectivity index (χ0) is 17.1. The molecule has 0 spiro atoms. The van der Waals surface area contributed by atoms with E-state index in [1.807, 2.05) is 84.9 Å². The average molecular weight is 324 g/mol. The van der Waals surface area contributed by atoms with Crippen LogP contribution in [0.5, 0.6) is 0 Å². The van der Waals surface area contributed by atoms with E-state index >= 15 is 0 Å². The number of aliphatic hydroxyl groups is 1. The van der Waals surface area contributed by atoms with E-state index in [-0.39, 0.29) is 5.76 Å². The fourth-order valence-electron chi connectivity index (χ4n) is 2.74. The van der Waals surface area contributed by atoms with Gasteiger partial charge in [0, 0.05) is 17.2 Å². The molecule has 4 rings (SSSR count). The summed E-state index contributed by atoms with van der Waals surface area (Å²) in [4.78, 5) is 9.49. The van der Waals surface area contributed by atoms with Crippen molar-refractivity contribution in [1.29, 1.82) is 0 Å². The smallest absolute Gasteiger partial charge is 0.125 e. The fraction of sp³-hybridized carbons (Fsp3) is 0. The molecule has 3 aromatic carbocycles. The summed E-state index contributed by atoms with van der Waals surface area (Å²) in [7, 11) is 0. The van der Waals surface area contributed by atoms with Crippen LogP contribution in [0.25, 0.3) is 34.1 Å². The maximum absolute atomic E-state index is 10.5. The number of aromatic nitrogens is 2. The molecule has 3 nitrogen and oxygen atoms in total. The second kappa shape index (κ2) is 6.57. The highest BCUT2D eigenvalue weighted by Crippen LogP contribution is 2.26. The largest absolute Gasteiger partial charge is 0.507 e. The Morgan fingerprint density at radius 2 is 1.24 bits per heavy atom. The first-order valence-corrected chi connectivity index (χ1v) is 8.09. The molecule has 0 atom stereocenters. The van der Waals surface area contributed by atoms with Gasteiger partial charge in [0.15, 0.2) is 0 Å². The zero-order valence-electron chi connectivity index (χ0n) is 13.5. The highest BCUT2D eigenvalue weighted by Gasteiger charge is 2.10. The molecule has 1 N–H and O–H groups in total. The second-order valence-corrected chi connectivity index (χ2v) is 5.71. The number of fused-ring (bicyclic) bond motifs is 1. The number of nitrogens with zero attached hydrogens (tertiary/aromatic N) is 2. The van der Waals surface area contributed by atoms with Crippen molar-refractivity contribution < 1.29 is 5.11 Å². The topological polar surface area (TPSA) is 46.0 Å². The van der Waals surface area contributed by atoms with Gasteiger partial charge in [-0.1, -0.05) is 72.8 Å². The molecular weight excluding hydrogens is 308 g/mol. The summed E-state index contributed by atoms with van der Waals surface area (Å²) in [6, 6.07) is 27.1. The van der Waals surface area contributed by atoms with E-state index in [0.29, 0.717) is 5.69 Å². The molecule has 0 radical (unpaired) electrons. The lowest BCUT2D eigenvalue weighted by Gasteiger charge is -2.08. The van der Waals surface area contributed by atoms with Gasteiger partial charge in [0.05, 0.1) is 22.4 Å². The zero-order valence-corrected chi connectivity index (χ0v) is 13.5. The summed E-state index contributed by atoms with van der Waals surface area (Å²) in [5, 5.41) is 10.5. The highest BCUT2D eigenvalue weighted by molar-refractivity contribution is 5.86. The Morgan fingerprint density at radius 3 is 1.92 bits per heavy atom. The minimum Gasteiger partial charge on any atom is -0.507 e. The first-order chi connectivity index (χ1) is 12.3. The molecule has 0 unspecified atom stereocenters. The number of para-hydroxylation sites is 2. The summed E-state index contributed by atoms with van der Waals surface area (Å²) in [5.41, 5.74) is 4.74. The van der Waals surface area contributed by atoms with Gasteiger partial charge in [0.25, 0.3) is 0 Å². The van der Waals surface area contributed by atoms with Crippen molar-refractivity contribution in [2.45, 2.75) is 0 Å². The van der Waals surface area contributed by atoms with Gasteiger partial charge in [0.1, 0.15) is 5.76 Å². The highest BCUT2D eigenvalue weighted by atomic mass is 16.3. The van der Waals surface area contributed by atoms with Crippen LogP contribution in [-0.2, 0) is 0 Å². The van der Waals surface area contributed by atoms with Crippen LogP contribution in [0.15, 0.2) is 84.9 Å². The third kappa shape index (κ3) is 3.12. The normalized spacial score (nSPS) is 11.6. The van der Waals surface area contributed by atoms with Gasteiger partial charge in [-0.25, -0.2) is 9.97 Å². The van der Waals surface area contributed by atoms with Gasteiger partial charge in [-0.2, -0.15) is 0 Å². The van der Waals surface area contributed by atoms with Crippen LogP contribution in [0, 0.1) is 0 Å². The van der Waals surface area contributed by atoms with Gasteiger partial charge in [-0.15, -0.1) is 0 Å². The summed E-state index contributed by atoms with van der Waals surface area (Å²) in [6.45, 7) is 0. The third-order valence-electron chi connectivity index (χ3n) is 3.99. The monoisotopic (exact) mass is 324 g/mol. The van der Waals surface area contributed by atoms with Crippen molar-refractivity contribution in [2.75, 3.05) is 0 Å². The number of hydrogen-bond donors (Lipinski definition) is 1. The van der Waals surface area contributed by atoms with Crippen molar-refractivity contribution in [2.24, 2.45) is 0 Å². The lowest BCUT2D eigenvalue weighted by Crippen LogP contribution is -1.95. The Hall–Kier alpha value is -3.46. The van der Waals surface area contributed by atoms with Crippen LogP contribution in [0.2, 0.25) is 0 Å². The van der Waals surface area contributed by atoms with Crippen LogP contribution in [-0.4, -0.2) is 15.1 Å². The molecule has 0 aliphatic rings. The minimum absolute atomic E-state index is 0.169. The predicted molar refractivity (Wildman–Crippen MR) is 102 cm³/mol. The molecule has 120 valence electrons. The van der Waals surface area contributed by atoms with E-state index in [1.54, 1.807) is 6.08 Å². The van der Waals surface area contributed by atoms with E-state index in [9.17, 15) is 5.11 Å². The van der Waals surface area contributed by atoms with Crippen molar-refractivity contribution in [3.63, 3.8) is 0 Å². The second-order valence-electron chi connectivity index (χ2n) is 5.71. The van der Waals surface area contributed by atoms with Crippen molar-refractivity contribution in [1.82, 2.24) is 9.97 Å². The standard InChI is InChI=1S/C22H16N2O/c25-21(16-9-3-1-4-10-16)15-20-22(17-11-5-2-6-12-17)24-19-14-8-7-13-18(19)23-20/h1-15,25H. The maximum Gasteiger partial charge on any atom is 0.125 e. The molecule has 25 heavy (non-hydrogen) atoms. The van der Waals surface area contributed by atoms with Crippen LogP contribution in [0.1, 0.15) is 11.3 Å². The molecule has 0 amide bonds. The molecule has 0 aliphatic heterocycles. The number of benzene rings is 3. The van der Waals surface area contributed by atoms with Crippen LogP contribution in [0.4, 0.5) is 0 Å². The first-order valence-electron chi connectivity index (χ1n) is 8.09. The Bertz CT molecular complexity index is 1040. The molecule has 3 heteroatoms. The Morgan fingerprint density at radius 1 is 0.680 bits per heavy atom. The summed E-state index contributed by atoms with van der Waals surface area (Å²) < 4.78 is 0. The van der Waals surface area contributed by atoms with Gasteiger partial charge in [-0.05, 0) is 12.1 Å². The Kier molecular flexibility index (Phi) is 3.97. The number of hydrogen-bond acceptors (Lipinski definition) is 3. The lowest BCUT2D eigenvalue weighted by atomic mass is 10.1. The summed E-state index contributed by atoms with van der Waals surface area (Å²) >= 11 is 0. The molecule has 1 aromatic heterocycles. The molecule has 0 bridgehead atoms. The predicted octanol–water partition coefficient (Wildman–Crippen LogP) is 5.35. The Labute approximate surface area is 146 Å². The van der Waals surface area contributed by atoms with E-state index in [2.05, 4.69) is 0 Å². The summed E-state index contributed by atoms with van der Waals surface area (Å²) in [5.74, 6) is 0.169. The number of rotatable bonds is 3. The van der Waals surface area contributed by atoms with E-state index in [0.717, 1.165) is 27.9 Å². The molecule has 0 aliphatic carbocycles. The Balaban J connectivity index is 1.92. The van der Waals surface area contributed by atoms with Crippen molar-refractivity contribution >= 4 is 22.9 Å². The third-order valence-corrected chi connectivity index (χ3v) is 3.99. The average Bonchev–Trinajstić information content (AvgIpc) is 2.69. The molecule has 4 aromatic rings. The molecule has 0 saturated heterocycles.